The summed E-state index contributed by atoms with van der Waals surface area (Å²) in [6, 6.07) is -20.5. The molecule has 0 radical (unpaired) electrons. The van der Waals surface area contributed by atoms with Crippen LogP contribution in [0.25, 0.3) is 0 Å². The number of carboxylic acids is 2. The van der Waals surface area contributed by atoms with E-state index in [4.69, 9.17) is 17.2 Å². The highest BCUT2D eigenvalue weighted by Crippen LogP contribution is 2.39. The van der Waals surface area contributed by atoms with Crippen LogP contribution in [0.3, 0.4) is 0 Å². The highest BCUT2D eigenvalue weighted by atomic mass is 33.1. The number of carbonyl (C=O) groups is 18. The Kier molecular flexibility index (Phi) is 37.9. The van der Waals surface area contributed by atoms with Crippen LogP contribution in [-0.4, -0.2) is 255 Å². The normalized spacial score (nSPS) is 28.1. The minimum absolute atomic E-state index is 0.0137. The number of nitrogens with two attached hydrogens (primary N) is 3. The van der Waals surface area contributed by atoms with Gasteiger partial charge in [-0.25, -0.2) is 0 Å². The lowest BCUT2D eigenvalue weighted by Gasteiger charge is -2.32. The third kappa shape index (κ3) is 29.5. The predicted octanol–water partition coefficient (Wildman–Crippen LogP) is -3.09. The summed E-state index contributed by atoms with van der Waals surface area (Å²) in [5, 5.41) is 58.1. The summed E-state index contributed by atoms with van der Waals surface area (Å²) in [6.45, 7) is 6.63. The van der Waals surface area contributed by atoms with Crippen molar-refractivity contribution in [3.8, 4) is 0 Å². The number of primary amides is 3. The van der Waals surface area contributed by atoms with E-state index in [2.05, 4.69) is 74.4 Å². The SMILES string of the molecule is CSCC[C@H](NC(C)=O)C(=O)N[C@@H](C)C(=O)N[C@@H](CC(=O)O)C(=O)N[C@H]1CSSC[C@@H](C(=O)N2CCC[C@H]2C(=O)N[C@@H](CC2CCCCC2)C(=O)N[C@@H](CC(=O)O)C(N)=O)NC(=O)[C@H](CC(N)=O)NC(=O)[C@H](CC2CNC3CCCCC23)NC(=O)[C@H](CCC(N)=O)NC(=O)[C@H](CC(C)C)NC(=O)[C@H](CC2CNC3CCCCC23)NC1=O. The highest BCUT2D eigenvalue weighted by Gasteiger charge is 2.46. The van der Waals surface area contributed by atoms with E-state index in [1.807, 2.05) is 0 Å². The summed E-state index contributed by atoms with van der Waals surface area (Å²) < 4.78 is 0. The molecule has 4 aliphatic heterocycles. The van der Waals surface area contributed by atoms with Crippen LogP contribution < -0.4 is 91.6 Å². The lowest BCUT2D eigenvalue weighted by atomic mass is 9.77. The molecule has 3 aliphatic carbocycles. The topological polar surface area (TPSA) is 597 Å². The van der Waals surface area contributed by atoms with Crippen LogP contribution in [0.15, 0.2) is 0 Å². The molecule has 7 aliphatic rings. The van der Waals surface area contributed by atoms with Crippen LogP contribution in [-0.2, 0) is 86.3 Å². The maximum Gasteiger partial charge on any atom is 0.305 e. The Balaban J connectivity index is 1.31. The summed E-state index contributed by atoms with van der Waals surface area (Å²) in [7, 11) is 1.60. The van der Waals surface area contributed by atoms with Crippen LogP contribution in [0.4, 0.5) is 0 Å². The molecular formula is C75H120N18O20S3. The monoisotopic (exact) mass is 1690 g/mol. The number of fused-ring (bicyclic) bond motifs is 2. The Morgan fingerprint density at radius 3 is 1.61 bits per heavy atom. The van der Waals surface area contributed by atoms with Gasteiger partial charge in [0.25, 0.3) is 0 Å². The van der Waals surface area contributed by atoms with Crippen LogP contribution in [0.5, 0.6) is 0 Å². The molecule has 7 fully saturated rings. The summed E-state index contributed by atoms with van der Waals surface area (Å²) in [5.74, 6) is -20.2. The fourth-order valence-electron chi connectivity index (χ4n) is 16.9. The van der Waals surface area contributed by atoms with Gasteiger partial charge in [0.1, 0.15) is 78.5 Å². The zero-order valence-corrected chi connectivity index (χ0v) is 69.1. The van der Waals surface area contributed by atoms with E-state index in [-0.39, 0.29) is 99.1 Å². The number of rotatable bonds is 33. The zero-order chi connectivity index (χ0) is 85.0. The second-order valence-corrected chi connectivity index (χ2v) is 35.7. The quantitative estimate of drug-likeness (QED) is 0.0290. The molecule has 4 saturated heterocycles. The van der Waals surface area contributed by atoms with Crippen molar-refractivity contribution < 1.29 is 96.5 Å². The highest BCUT2D eigenvalue weighted by molar-refractivity contribution is 8.76. The van der Waals surface area contributed by atoms with Crippen molar-refractivity contribution in [1.29, 1.82) is 0 Å². The maximum atomic E-state index is 15.6. The van der Waals surface area contributed by atoms with Crippen molar-refractivity contribution in [2.45, 2.75) is 279 Å². The molecule has 0 aromatic rings. The summed E-state index contributed by atoms with van der Waals surface area (Å²) >= 11 is 1.38. The molecule has 3 saturated carbocycles. The standard InChI is InChI=1S/C75H120N18O20S3/c1-37(2)26-50-67(105)83-47(21-22-59(76)95)66(104)87-52(28-41-33-79-45-18-11-9-16-43(41)45)70(108)89-54(30-60(77)96)71(109)92-57(75(113)93-24-13-20-58(93)74(112)90-51(27-40-14-7-6-8-15-40)68(106)84-49(63(78)101)31-61(97)98)36-116-115-35-56(73(111)88-53(69(107)86-50)29-42-34-80-46-19-12-10-17-44(42)46)91-72(110)55(32-62(99)100)85-64(102)38(3)81-65(103)48(23-25-114-5)82-39(4)94/h37-38,40-58,79-80H,6-36H2,1-5H3,(H2,76,95)(H2,77,96)(H2,78,101)(H,81,103)(H,82,94)(H,83,105)(H,84,106)(H,85,102)(H,86,107)(H,87,104)(H,88,111)(H,89,108)(H,90,112)(H,91,110)(H,92,109)(H,97,98)(H,99,100)/t38-,41?,42?,43?,44?,45?,46?,47-,48-,49-,50-,51-,52-,53-,54-,55-,56-,57-,58-/m0/s1. The predicted molar refractivity (Wildman–Crippen MR) is 427 cm³/mol. The molecule has 116 heavy (non-hydrogen) atoms. The number of carboxylic acid groups (broad SMARTS) is 2. The summed E-state index contributed by atoms with van der Waals surface area (Å²) in [5.41, 5.74) is 17.0. The third-order valence-electron chi connectivity index (χ3n) is 22.8. The molecule has 0 aromatic carbocycles. The number of nitrogens with zero attached hydrogens (tertiary/aromatic N) is 1. The fourth-order valence-corrected chi connectivity index (χ4v) is 19.6. The molecule has 38 nitrogen and oxygen atoms in total. The molecular weight excluding hydrogens is 1570 g/mol. The summed E-state index contributed by atoms with van der Waals surface area (Å²) in [6.07, 6.45) is 8.82. The molecule has 6 unspecified atom stereocenters. The van der Waals surface area contributed by atoms with E-state index in [1.54, 1.807) is 20.1 Å². The average Bonchev–Trinajstić information content (AvgIpc) is 1.65. The lowest BCUT2D eigenvalue weighted by Crippen LogP contribution is -2.61. The molecule has 41 heteroatoms. The first-order chi connectivity index (χ1) is 55.1. The summed E-state index contributed by atoms with van der Waals surface area (Å²) in [4.78, 5) is 254. The number of aliphatic carboxylic acids is 2. The van der Waals surface area contributed by atoms with Crippen LogP contribution in [0, 0.1) is 35.5 Å². The van der Waals surface area contributed by atoms with Crippen molar-refractivity contribution >= 4 is 140 Å². The Hall–Kier alpha value is -8.57. The van der Waals surface area contributed by atoms with Crippen molar-refractivity contribution in [1.82, 2.24) is 79.3 Å². The molecule has 0 aromatic heterocycles. The van der Waals surface area contributed by atoms with E-state index >= 15 is 33.6 Å². The molecule has 648 valence electrons. The van der Waals surface area contributed by atoms with Crippen molar-refractivity contribution in [2.75, 3.05) is 43.1 Å². The number of likely N-dealkylation sites (tertiary alicyclic amines) is 1. The number of thioether (sulfide) groups is 1. The van der Waals surface area contributed by atoms with Gasteiger partial charge in [-0.1, -0.05) is 93.2 Å². The van der Waals surface area contributed by atoms with Gasteiger partial charge in [-0.15, -0.1) is 0 Å². The lowest BCUT2D eigenvalue weighted by molar-refractivity contribution is -0.142. The van der Waals surface area contributed by atoms with Gasteiger partial charge in [0.2, 0.25) is 94.5 Å². The molecule has 4 heterocycles. The molecule has 16 amide bonds. The maximum absolute atomic E-state index is 15.6. The first-order valence-corrected chi connectivity index (χ1v) is 44.4. The van der Waals surface area contributed by atoms with Gasteiger partial charge in [-0.3, -0.25) is 86.3 Å². The van der Waals surface area contributed by atoms with Crippen LogP contribution >= 0.6 is 33.3 Å². The van der Waals surface area contributed by atoms with Crippen molar-refractivity contribution in [2.24, 2.45) is 52.7 Å². The molecule has 7 rings (SSSR count). The third-order valence-corrected chi connectivity index (χ3v) is 25.9. The Morgan fingerprint density at radius 2 is 1.04 bits per heavy atom. The van der Waals surface area contributed by atoms with Crippen molar-refractivity contribution in [3.63, 3.8) is 0 Å². The Labute approximate surface area is 686 Å². The minimum atomic E-state index is -1.99. The van der Waals surface area contributed by atoms with Gasteiger partial charge in [0, 0.05) is 43.5 Å². The van der Waals surface area contributed by atoms with E-state index in [0.717, 1.165) is 97.1 Å². The number of amides is 16. The smallest absolute Gasteiger partial charge is 0.305 e. The van der Waals surface area contributed by atoms with Crippen LogP contribution in [0.1, 0.15) is 188 Å². The molecule has 0 spiro atoms. The van der Waals surface area contributed by atoms with Gasteiger partial charge >= 0.3 is 11.9 Å². The average molecular weight is 1690 g/mol. The second kappa shape index (κ2) is 46.5. The van der Waals surface area contributed by atoms with Gasteiger partial charge in [0.05, 0.1) is 19.3 Å². The van der Waals surface area contributed by atoms with Gasteiger partial charge in [0.15, 0.2) is 0 Å². The fraction of sp³-hybridized carbons (Fsp3) is 0.760. The Morgan fingerprint density at radius 1 is 0.526 bits per heavy atom. The van der Waals surface area contributed by atoms with Gasteiger partial charge in [-0.2, -0.15) is 11.8 Å². The molecule has 19 atom stereocenters. The van der Waals surface area contributed by atoms with Crippen LogP contribution in [0.2, 0.25) is 0 Å². The molecule has 0 bridgehead atoms. The second-order valence-electron chi connectivity index (χ2n) is 32.2. The number of nitrogens with one attached hydrogen (secondary N) is 14. The van der Waals surface area contributed by atoms with E-state index in [0.29, 0.717) is 31.7 Å². The molecule has 22 N–H and O–H groups in total. The van der Waals surface area contributed by atoms with Crippen molar-refractivity contribution in [3.05, 3.63) is 0 Å². The zero-order valence-electron chi connectivity index (χ0n) is 66.7. The van der Waals surface area contributed by atoms with E-state index in [1.165, 1.54) is 25.6 Å². The van der Waals surface area contributed by atoms with E-state index < -0.39 is 229 Å². The van der Waals surface area contributed by atoms with Gasteiger partial charge < -0.3 is 107 Å². The number of hydrogen-bond acceptors (Lipinski definition) is 23. The first-order valence-electron chi connectivity index (χ1n) is 40.5. The number of carbonyl (C=O) groups excluding carboxylic acids is 16. The minimum Gasteiger partial charge on any atom is -0.481 e. The Bertz CT molecular complexity index is 3540. The number of hydrogen-bond donors (Lipinski definition) is 19. The van der Waals surface area contributed by atoms with Gasteiger partial charge in [-0.05, 0) is 145 Å². The van der Waals surface area contributed by atoms with E-state index in [9.17, 15) is 63.0 Å². The first kappa shape index (κ1) is 94.6. The largest absolute Gasteiger partial charge is 0.481 e.